The minimum Gasteiger partial charge on any atom is -0.496 e. The molecule has 0 bridgehead atoms. The summed E-state index contributed by atoms with van der Waals surface area (Å²) in [5, 5.41) is 3.03. The average Bonchev–Trinajstić information content (AvgIpc) is 2.48. The molecular formula is C16H23NO4. The van der Waals surface area contributed by atoms with Crippen LogP contribution in [0.4, 0.5) is 0 Å². The highest BCUT2D eigenvalue weighted by Crippen LogP contribution is 2.25. The maximum absolute atomic E-state index is 12.7. The molecule has 0 aliphatic heterocycles. The lowest BCUT2D eigenvalue weighted by Crippen LogP contribution is -2.39. The molecule has 5 heteroatoms. The minimum absolute atomic E-state index is 0.000742. The maximum Gasteiger partial charge on any atom is 0.307 e. The van der Waals surface area contributed by atoms with Crippen LogP contribution in [0.1, 0.15) is 34.8 Å². The lowest BCUT2D eigenvalue weighted by Gasteiger charge is -2.18. The van der Waals surface area contributed by atoms with Gasteiger partial charge in [0, 0.05) is 0 Å². The number of esters is 1. The number of carbonyl (C=O) groups is 2. The number of nitrogens with one attached hydrogen (secondary N) is 1. The summed E-state index contributed by atoms with van der Waals surface area (Å²) in [6.07, 6.45) is -0.000742. The SMILES string of the molecule is CCNC(CC(=O)OC)C(=O)c1cc(C)c(C)cc1OC. The van der Waals surface area contributed by atoms with E-state index in [0.717, 1.165) is 11.1 Å². The van der Waals surface area contributed by atoms with Gasteiger partial charge >= 0.3 is 5.97 Å². The topological polar surface area (TPSA) is 64.6 Å². The molecule has 0 spiro atoms. The smallest absolute Gasteiger partial charge is 0.307 e. The van der Waals surface area contributed by atoms with Gasteiger partial charge in [0.1, 0.15) is 5.75 Å². The van der Waals surface area contributed by atoms with E-state index in [2.05, 4.69) is 10.1 Å². The van der Waals surface area contributed by atoms with E-state index in [0.29, 0.717) is 17.9 Å². The number of Topliss-reactive ketones (excluding diaryl/α,β-unsaturated/α-hetero) is 1. The van der Waals surface area contributed by atoms with Crippen molar-refractivity contribution in [3.8, 4) is 5.75 Å². The molecule has 1 aromatic rings. The van der Waals surface area contributed by atoms with Crippen LogP contribution in [0.5, 0.6) is 5.75 Å². The molecule has 0 fully saturated rings. The van der Waals surface area contributed by atoms with E-state index in [-0.39, 0.29) is 12.2 Å². The summed E-state index contributed by atoms with van der Waals surface area (Å²) in [5.74, 6) is -0.0600. The first kappa shape index (κ1) is 17.2. The highest BCUT2D eigenvalue weighted by molar-refractivity contribution is 6.04. The normalized spacial score (nSPS) is 11.9. The van der Waals surface area contributed by atoms with Crippen molar-refractivity contribution in [3.05, 3.63) is 28.8 Å². The molecule has 0 amide bonds. The van der Waals surface area contributed by atoms with E-state index in [1.54, 1.807) is 6.07 Å². The van der Waals surface area contributed by atoms with Crippen molar-refractivity contribution in [1.82, 2.24) is 5.32 Å². The first-order chi connectivity index (χ1) is 9.94. The second kappa shape index (κ2) is 7.78. The van der Waals surface area contributed by atoms with E-state index in [1.165, 1.54) is 14.2 Å². The number of aryl methyl sites for hydroxylation is 2. The molecule has 0 radical (unpaired) electrons. The van der Waals surface area contributed by atoms with Gasteiger partial charge in [0.15, 0.2) is 5.78 Å². The Balaban J connectivity index is 3.13. The number of hydrogen-bond acceptors (Lipinski definition) is 5. The molecule has 5 nitrogen and oxygen atoms in total. The van der Waals surface area contributed by atoms with Gasteiger partial charge in [-0.25, -0.2) is 0 Å². The van der Waals surface area contributed by atoms with E-state index in [4.69, 9.17) is 4.74 Å². The van der Waals surface area contributed by atoms with Crippen molar-refractivity contribution >= 4 is 11.8 Å². The molecular weight excluding hydrogens is 270 g/mol. The third-order valence-electron chi connectivity index (χ3n) is 3.45. The molecule has 0 saturated heterocycles. The summed E-state index contributed by atoms with van der Waals surface area (Å²) in [5.41, 5.74) is 2.54. The Morgan fingerprint density at radius 3 is 2.33 bits per heavy atom. The van der Waals surface area contributed by atoms with Crippen LogP contribution in [0.15, 0.2) is 12.1 Å². The van der Waals surface area contributed by atoms with Crippen molar-refractivity contribution in [2.75, 3.05) is 20.8 Å². The molecule has 1 N–H and O–H groups in total. The van der Waals surface area contributed by atoms with Crippen molar-refractivity contribution in [2.45, 2.75) is 33.2 Å². The predicted molar refractivity (Wildman–Crippen MR) is 80.9 cm³/mol. The Bertz CT molecular complexity index is 525. The number of carbonyl (C=O) groups excluding carboxylic acids is 2. The van der Waals surface area contributed by atoms with Gasteiger partial charge in [-0.05, 0) is 43.7 Å². The second-order valence-corrected chi connectivity index (χ2v) is 4.89. The fraction of sp³-hybridized carbons (Fsp3) is 0.500. The standard InChI is InChI=1S/C16H23NO4/c1-6-17-13(9-15(18)21-5)16(19)12-7-10(2)11(3)8-14(12)20-4/h7-8,13,17H,6,9H2,1-5H3. The number of ketones is 1. The lowest BCUT2D eigenvalue weighted by atomic mass is 9.96. The highest BCUT2D eigenvalue weighted by Gasteiger charge is 2.25. The molecule has 1 rings (SSSR count). The third kappa shape index (κ3) is 4.29. The van der Waals surface area contributed by atoms with Gasteiger partial charge in [-0.15, -0.1) is 0 Å². The van der Waals surface area contributed by atoms with Gasteiger partial charge < -0.3 is 14.8 Å². The Labute approximate surface area is 125 Å². The van der Waals surface area contributed by atoms with Crippen LogP contribution in [-0.4, -0.2) is 38.6 Å². The molecule has 21 heavy (non-hydrogen) atoms. The first-order valence-corrected chi connectivity index (χ1v) is 6.94. The lowest BCUT2D eigenvalue weighted by molar-refractivity contribution is -0.140. The summed E-state index contributed by atoms with van der Waals surface area (Å²) in [6, 6.07) is 3.03. The zero-order valence-electron chi connectivity index (χ0n) is 13.3. The van der Waals surface area contributed by atoms with E-state index in [9.17, 15) is 9.59 Å². The first-order valence-electron chi connectivity index (χ1n) is 6.94. The number of likely N-dealkylation sites (N-methyl/N-ethyl adjacent to an activating group) is 1. The number of methoxy groups -OCH3 is 2. The highest BCUT2D eigenvalue weighted by atomic mass is 16.5. The molecule has 1 unspecified atom stereocenters. The second-order valence-electron chi connectivity index (χ2n) is 4.89. The van der Waals surface area contributed by atoms with Gasteiger partial charge in [-0.3, -0.25) is 9.59 Å². The summed E-state index contributed by atoms with van der Waals surface area (Å²) in [6.45, 7) is 6.37. The Morgan fingerprint density at radius 2 is 1.81 bits per heavy atom. The van der Waals surface area contributed by atoms with Gasteiger partial charge in [-0.2, -0.15) is 0 Å². The Hall–Kier alpha value is -1.88. The summed E-state index contributed by atoms with van der Waals surface area (Å²) >= 11 is 0. The summed E-state index contributed by atoms with van der Waals surface area (Å²) in [7, 11) is 2.84. The van der Waals surface area contributed by atoms with Crippen molar-refractivity contribution < 1.29 is 19.1 Å². The fourth-order valence-electron chi connectivity index (χ4n) is 2.09. The van der Waals surface area contributed by atoms with Gasteiger partial charge in [0.2, 0.25) is 0 Å². The number of benzene rings is 1. The largest absolute Gasteiger partial charge is 0.496 e. The molecule has 0 aliphatic carbocycles. The maximum atomic E-state index is 12.7. The van der Waals surface area contributed by atoms with E-state index in [1.807, 2.05) is 26.8 Å². The average molecular weight is 293 g/mol. The van der Waals surface area contributed by atoms with Crippen LogP contribution in [0.3, 0.4) is 0 Å². The summed E-state index contributed by atoms with van der Waals surface area (Å²) < 4.78 is 9.95. The van der Waals surface area contributed by atoms with Crippen LogP contribution in [-0.2, 0) is 9.53 Å². The van der Waals surface area contributed by atoms with Crippen molar-refractivity contribution in [3.63, 3.8) is 0 Å². The molecule has 0 saturated carbocycles. The number of ether oxygens (including phenoxy) is 2. The molecule has 0 aliphatic rings. The van der Waals surface area contributed by atoms with Crippen LogP contribution < -0.4 is 10.1 Å². The van der Waals surface area contributed by atoms with Gasteiger partial charge in [0.25, 0.3) is 0 Å². The minimum atomic E-state index is -0.613. The van der Waals surface area contributed by atoms with Crippen LogP contribution >= 0.6 is 0 Å². The molecule has 116 valence electrons. The zero-order valence-corrected chi connectivity index (χ0v) is 13.3. The van der Waals surface area contributed by atoms with E-state index >= 15 is 0 Å². The monoisotopic (exact) mass is 293 g/mol. The van der Waals surface area contributed by atoms with Crippen molar-refractivity contribution in [2.24, 2.45) is 0 Å². The number of hydrogen-bond donors (Lipinski definition) is 1. The number of rotatable bonds is 7. The molecule has 0 heterocycles. The van der Waals surface area contributed by atoms with Crippen LogP contribution in [0.2, 0.25) is 0 Å². The Morgan fingerprint density at radius 1 is 1.19 bits per heavy atom. The van der Waals surface area contributed by atoms with E-state index < -0.39 is 12.0 Å². The fourth-order valence-corrected chi connectivity index (χ4v) is 2.09. The molecule has 1 atom stereocenters. The van der Waals surface area contributed by atoms with Crippen LogP contribution in [0.25, 0.3) is 0 Å². The predicted octanol–water partition coefficient (Wildman–Crippen LogP) is 2.04. The summed E-state index contributed by atoms with van der Waals surface area (Å²) in [4.78, 5) is 24.1. The quantitative estimate of drug-likeness (QED) is 0.615. The van der Waals surface area contributed by atoms with Gasteiger partial charge in [0.05, 0.1) is 32.2 Å². The Kier molecular flexibility index (Phi) is 6.37. The molecule has 1 aromatic carbocycles. The molecule has 0 aromatic heterocycles. The zero-order chi connectivity index (χ0) is 16.0. The van der Waals surface area contributed by atoms with Crippen LogP contribution in [0, 0.1) is 13.8 Å². The van der Waals surface area contributed by atoms with Gasteiger partial charge in [-0.1, -0.05) is 6.92 Å². The third-order valence-corrected chi connectivity index (χ3v) is 3.45. The van der Waals surface area contributed by atoms with Crippen molar-refractivity contribution in [1.29, 1.82) is 0 Å².